The van der Waals surface area contributed by atoms with Crippen LogP contribution in [0.3, 0.4) is 0 Å². The molecule has 1 saturated carbocycles. The van der Waals surface area contributed by atoms with Gasteiger partial charge in [-0.15, -0.1) is 0 Å². The van der Waals surface area contributed by atoms with Crippen molar-refractivity contribution in [3.8, 4) is 0 Å². The fourth-order valence-corrected chi connectivity index (χ4v) is 3.63. The van der Waals surface area contributed by atoms with Gasteiger partial charge in [0.2, 0.25) is 5.89 Å². The minimum atomic E-state index is 0.228. The molecule has 5 nitrogen and oxygen atoms in total. The molecule has 2 aliphatic rings. The smallest absolute Gasteiger partial charge is 0.240 e. The van der Waals surface area contributed by atoms with Crippen molar-refractivity contribution in [2.75, 3.05) is 6.54 Å². The zero-order valence-electron chi connectivity index (χ0n) is 13.5. The van der Waals surface area contributed by atoms with E-state index >= 15 is 0 Å². The van der Waals surface area contributed by atoms with Crippen LogP contribution in [0, 0.1) is 0 Å². The lowest BCUT2D eigenvalue weighted by atomic mass is 10.00. The molecule has 0 N–H and O–H groups in total. The summed E-state index contributed by atoms with van der Waals surface area (Å²) in [7, 11) is 0. The molecule has 122 valence electrons. The maximum absolute atomic E-state index is 5.51. The molecule has 0 radical (unpaired) electrons. The molecule has 1 aliphatic heterocycles. The summed E-state index contributed by atoms with van der Waals surface area (Å²) in [5.74, 6) is 2.16. The molecule has 5 rings (SSSR count). The first-order valence-electron chi connectivity index (χ1n) is 8.65. The Morgan fingerprint density at radius 3 is 2.75 bits per heavy atom. The minimum absolute atomic E-state index is 0.228. The lowest BCUT2D eigenvalue weighted by Gasteiger charge is -2.36. The van der Waals surface area contributed by atoms with Gasteiger partial charge in [0.15, 0.2) is 5.82 Å². The summed E-state index contributed by atoms with van der Waals surface area (Å²) < 4.78 is 7.86. The average molecular weight is 320 g/mol. The Morgan fingerprint density at radius 2 is 1.92 bits per heavy atom. The van der Waals surface area contributed by atoms with Crippen LogP contribution in [-0.4, -0.2) is 26.2 Å². The van der Waals surface area contributed by atoms with Gasteiger partial charge in [0.05, 0.1) is 12.6 Å². The summed E-state index contributed by atoms with van der Waals surface area (Å²) in [4.78, 5) is 7.05. The molecule has 0 amide bonds. The van der Waals surface area contributed by atoms with Crippen LogP contribution in [0.2, 0.25) is 0 Å². The second kappa shape index (κ2) is 5.60. The molecule has 0 saturated heterocycles. The van der Waals surface area contributed by atoms with E-state index in [-0.39, 0.29) is 6.04 Å². The largest absolute Gasteiger partial charge is 0.348 e. The minimum Gasteiger partial charge on any atom is -0.348 e. The normalized spacial score (nSPS) is 20.9. The number of fused-ring (bicyclic) bond motifs is 1. The number of hydrogen-bond acceptors (Lipinski definition) is 4. The predicted molar refractivity (Wildman–Crippen MR) is 89.4 cm³/mol. The van der Waals surface area contributed by atoms with Crippen LogP contribution in [0.15, 0.2) is 53.2 Å². The number of nitrogens with zero attached hydrogens (tertiary/aromatic N) is 4. The standard InChI is InChI=1S/C19H20N4O/c1-2-5-14(6-3-1)18-16-7-4-10-22(16)11-12-23(18)13-17-20-19(21-24-17)15-8-9-15/h1-7,10,15,18H,8-9,11-13H2/t18-/m1/s1. The van der Waals surface area contributed by atoms with Gasteiger partial charge in [-0.1, -0.05) is 35.5 Å². The third-order valence-corrected chi connectivity index (χ3v) is 5.02. The van der Waals surface area contributed by atoms with Crippen LogP contribution in [0.25, 0.3) is 0 Å². The van der Waals surface area contributed by atoms with E-state index in [2.05, 4.69) is 68.3 Å². The van der Waals surface area contributed by atoms with Crippen molar-refractivity contribution in [3.05, 3.63) is 71.6 Å². The molecular weight excluding hydrogens is 300 g/mol. The van der Waals surface area contributed by atoms with Crippen LogP contribution in [0.4, 0.5) is 0 Å². The van der Waals surface area contributed by atoms with Gasteiger partial charge < -0.3 is 9.09 Å². The van der Waals surface area contributed by atoms with Crippen LogP contribution >= 0.6 is 0 Å². The highest BCUT2D eigenvalue weighted by Gasteiger charge is 2.32. The second-order valence-electron chi connectivity index (χ2n) is 6.73. The molecule has 2 aromatic heterocycles. The maximum Gasteiger partial charge on any atom is 0.240 e. The topological polar surface area (TPSA) is 47.1 Å². The number of benzene rings is 1. The van der Waals surface area contributed by atoms with Crippen LogP contribution in [0.1, 0.15) is 47.8 Å². The Morgan fingerprint density at radius 1 is 1.04 bits per heavy atom. The van der Waals surface area contributed by atoms with Gasteiger partial charge in [-0.2, -0.15) is 4.98 Å². The van der Waals surface area contributed by atoms with Crippen molar-refractivity contribution in [2.45, 2.75) is 37.9 Å². The summed E-state index contributed by atoms with van der Waals surface area (Å²) >= 11 is 0. The van der Waals surface area contributed by atoms with Gasteiger partial charge >= 0.3 is 0 Å². The molecule has 24 heavy (non-hydrogen) atoms. The fraction of sp³-hybridized carbons (Fsp3) is 0.368. The van der Waals surface area contributed by atoms with E-state index in [4.69, 9.17) is 4.52 Å². The van der Waals surface area contributed by atoms with Crippen LogP contribution in [0.5, 0.6) is 0 Å². The third-order valence-electron chi connectivity index (χ3n) is 5.02. The van der Waals surface area contributed by atoms with E-state index in [1.54, 1.807) is 0 Å². The quantitative estimate of drug-likeness (QED) is 0.739. The molecule has 0 spiro atoms. The molecule has 0 unspecified atom stereocenters. The fourth-order valence-electron chi connectivity index (χ4n) is 3.63. The van der Waals surface area contributed by atoms with Crippen molar-refractivity contribution in [3.63, 3.8) is 0 Å². The molecular formula is C19H20N4O. The highest BCUT2D eigenvalue weighted by atomic mass is 16.5. The number of hydrogen-bond donors (Lipinski definition) is 0. The first-order chi connectivity index (χ1) is 11.9. The Labute approximate surface area is 140 Å². The Balaban J connectivity index is 1.47. The SMILES string of the molecule is c1ccc([C@@H]2c3cccn3CCN2Cc2nc(C3CC3)no2)cc1. The monoisotopic (exact) mass is 320 g/mol. The Kier molecular flexibility index (Phi) is 3.26. The van der Waals surface area contributed by atoms with Gasteiger partial charge in [-0.3, -0.25) is 4.90 Å². The van der Waals surface area contributed by atoms with Crippen molar-refractivity contribution >= 4 is 0 Å². The highest BCUT2D eigenvalue weighted by Crippen LogP contribution is 2.38. The molecule has 5 heteroatoms. The van der Waals surface area contributed by atoms with Gasteiger partial charge in [0.25, 0.3) is 0 Å². The molecule has 1 fully saturated rings. The zero-order valence-corrected chi connectivity index (χ0v) is 13.5. The van der Waals surface area contributed by atoms with Gasteiger partial charge in [-0.05, 0) is 30.5 Å². The van der Waals surface area contributed by atoms with Crippen molar-refractivity contribution in [2.24, 2.45) is 0 Å². The molecule has 0 bridgehead atoms. The van der Waals surface area contributed by atoms with E-state index in [9.17, 15) is 0 Å². The first-order valence-corrected chi connectivity index (χ1v) is 8.65. The third kappa shape index (κ3) is 2.45. The van der Waals surface area contributed by atoms with Crippen LogP contribution in [-0.2, 0) is 13.1 Å². The van der Waals surface area contributed by atoms with Gasteiger partial charge in [0.1, 0.15) is 0 Å². The summed E-state index contributed by atoms with van der Waals surface area (Å²) in [6.45, 7) is 2.67. The molecule has 3 aromatic rings. The molecule has 1 atom stereocenters. The summed E-state index contributed by atoms with van der Waals surface area (Å²) in [5, 5.41) is 4.16. The van der Waals surface area contributed by atoms with Gasteiger partial charge in [0, 0.05) is 30.9 Å². The summed E-state index contributed by atoms with van der Waals surface area (Å²) in [6, 6.07) is 15.2. The summed E-state index contributed by atoms with van der Waals surface area (Å²) in [5.41, 5.74) is 2.63. The number of aromatic nitrogens is 3. The molecule has 3 heterocycles. The molecule has 1 aromatic carbocycles. The van der Waals surface area contributed by atoms with E-state index in [1.165, 1.54) is 24.1 Å². The average Bonchev–Trinajstić information content (AvgIpc) is 3.17. The van der Waals surface area contributed by atoms with Crippen molar-refractivity contribution in [1.29, 1.82) is 0 Å². The molecule has 1 aliphatic carbocycles. The Bertz CT molecular complexity index is 834. The summed E-state index contributed by atoms with van der Waals surface area (Å²) in [6.07, 6.45) is 4.56. The van der Waals surface area contributed by atoms with E-state index in [0.29, 0.717) is 12.5 Å². The van der Waals surface area contributed by atoms with Crippen LogP contribution < -0.4 is 0 Å². The van der Waals surface area contributed by atoms with Crippen molar-refractivity contribution in [1.82, 2.24) is 19.6 Å². The predicted octanol–water partition coefficient (Wildman–Crippen LogP) is 3.35. The first kappa shape index (κ1) is 14.0. The van der Waals surface area contributed by atoms with E-state index in [0.717, 1.165) is 24.8 Å². The Hall–Kier alpha value is -2.40. The lowest BCUT2D eigenvalue weighted by molar-refractivity contribution is 0.154. The van der Waals surface area contributed by atoms with Crippen molar-refractivity contribution < 1.29 is 4.52 Å². The zero-order chi connectivity index (χ0) is 15.9. The second-order valence-corrected chi connectivity index (χ2v) is 6.73. The lowest BCUT2D eigenvalue weighted by Crippen LogP contribution is -2.38. The van der Waals surface area contributed by atoms with E-state index < -0.39 is 0 Å². The number of rotatable bonds is 4. The van der Waals surface area contributed by atoms with Gasteiger partial charge in [-0.25, -0.2) is 0 Å². The maximum atomic E-state index is 5.51. The highest BCUT2D eigenvalue weighted by molar-refractivity contribution is 5.30. The van der Waals surface area contributed by atoms with E-state index in [1.807, 2.05) is 0 Å².